The largest absolute Gasteiger partial charge is 0.480 e. The number of rotatable bonds is 11. The predicted octanol–water partition coefficient (Wildman–Crippen LogP) is 2.98. The Morgan fingerprint density at radius 3 is 2.30 bits per heavy atom. The highest BCUT2D eigenvalue weighted by Gasteiger charge is 2.35. The van der Waals surface area contributed by atoms with E-state index in [1.165, 1.54) is 0 Å². The van der Waals surface area contributed by atoms with Crippen LogP contribution in [0.3, 0.4) is 0 Å². The van der Waals surface area contributed by atoms with Crippen molar-refractivity contribution >= 4 is 5.97 Å². The molecule has 0 fully saturated rings. The Morgan fingerprint density at radius 1 is 1.30 bits per heavy atom. The number of carboxylic acid groups (broad SMARTS) is 1. The average Bonchev–Trinajstić information content (AvgIpc) is 2.41. The first kappa shape index (κ1) is 19.4. The molecule has 4 heteroatoms. The topological polar surface area (TPSA) is 52.6 Å². The van der Waals surface area contributed by atoms with Crippen LogP contribution in [-0.2, 0) is 4.79 Å². The number of hydrogen-bond donors (Lipinski definition) is 2. The zero-order chi connectivity index (χ0) is 15.8. The Balaban J connectivity index is 4.70. The highest BCUT2D eigenvalue weighted by Crippen LogP contribution is 2.18. The molecule has 120 valence electrons. The lowest BCUT2D eigenvalue weighted by Crippen LogP contribution is -2.54. The third kappa shape index (κ3) is 6.23. The molecule has 0 aromatic rings. The maximum absolute atomic E-state index is 11.6. The van der Waals surface area contributed by atoms with Crippen LogP contribution in [0.25, 0.3) is 0 Å². The molecule has 0 saturated heterocycles. The molecule has 0 amide bonds. The van der Waals surface area contributed by atoms with Gasteiger partial charge in [-0.1, -0.05) is 34.1 Å². The van der Waals surface area contributed by atoms with Gasteiger partial charge in [0.15, 0.2) is 0 Å². The Morgan fingerprint density at radius 2 is 1.90 bits per heavy atom. The molecule has 0 radical (unpaired) electrons. The van der Waals surface area contributed by atoms with Gasteiger partial charge in [-0.3, -0.25) is 4.79 Å². The van der Waals surface area contributed by atoms with Crippen molar-refractivity contribution in [3.05, 3.63) is 0 Å². The van der Waals surface area contributed by atoms with Crippen molar-refractivity contribution in [2.24, 2.45) is 5.92 Å². The minimum atomic E-state index is -0.835. The summed E-state index contributed by atoms with van der Waals surface area (Å²) in [6.45, 7) is 15.4. The van der Waals surface area contributed by atoms with E-state index in [1.54, 1.807) is 6.92 Å². The van der Waals surface area contributed by atoms with E-state index in [0.717, 1.165) is 32.5 Å². The second-order valence-electron chi connectivity index (χ2n) is 6.22. The average molecular weight is 286 g/mol. The van der Waals surface area contributed by atoms with Crippen molar-refractivity contribution in [1.29, 1.82) is 0 Å². The summed E-state index contributed by atoms with van der Waals surface area (Å²) in [5.74, 6) is -0.102. The molecule has 0 aliphatic carbocycles. The van der Waals surface area contributed by atoms with Crippen LogP contribution in [0.2, 0.25) is 0 Å². The first-order chi connectivity index (χ1) is 9.30. The Hall–Kier alpha value is -0.610. The Labute approximate surface area is 124 Å². The Bertz CT molecular complexity index is 284. The van der Waals surface area contributed by atoms with Gasteiger partial charge in [0.05, 0.1) is 0 Å². The minimum absolute atomic E-state index is 0.263. The molecule has 0 heterocycles. The fraction of sp³-hybridized carbons (Fsp3) is 0.938. The molecule has 4 nitrogen and oxygen atoms in total. The van der Waals surface area contributed by atoms with Gasteiger partial charge in [0.2, 0.25) is 0 Å². The monoisotopic (exact) mass is 286 g/mol. The molecular weight excluding hydrogens is 252 g/mol. The van der Waals surface area contributed by atoms with Gasteiger partial charge < -0.3 is 15.3 Å². The van der Waals surface area contributed by atoms with Crippen molar-refractivity contribution < 1.29 is 9.90 Å². The van der Waals surface area contributed by atoms with Gasteiger partial charge >= 0.3 is 5.97 Å². The molecular formula is C16H34N2O2. The van der Waals surface area contributed by atoms with Gasteiger partial charge in [-0.25, -0.2) is 0 Å². The molecule has 2 N–H and O–H groups in total. The molecule has 0 saturated carbocycles. The predicted molar refractivity (Wildman–Crippen MR) is 85.1 cm³/mol. The minimum Gasteiger partial charge on any atom is -0.480 e. The summed E-state index contributed by atoms with van der Waals surface area (Å²) >= 11 is 0. The maximum atomic E-state index is 11.6. The smallest absolute Gasteiger partial charge is 0.323 e. The number of hydrogen-bond acceptors (Lipinski definition) is 3. The van der Waals surface area contributed by atoms with Gasteiger partial charge in [-0.2, -0.15) is 0 Å². The molecule has 0 aliphatic rings. The lowest BCUT2D eigenvalue weighted by Gasteiger charge is -2.36. The van der Waals surface area contributed by atoms with E-state index in [2.05, 4.69) is 44.8 Å². The van der Waals surface area contributed by atoms with E-state index in [0.29, 0.717) is 12.3 Å². The van der Waals surface area contributed by atoms with Crippen molar-refractivity contribution in [2.45, 2.75) is 72.4 Å². The van der Waals surface area contributed by atoms with Gasteiger partial charge in [0, 0.05) is 12.6 Å². The van der Waals surface area contributed by atoms with Gasteiger partial charge in [0.1, 0.15) is 5.54 Å². The molecule has 20 heavy (non-hydrogen) atoms. The van der Waals surface area contributed by atoms with Crippen LogP contribution in [0, 0.1) is 5.92 Å². The van der Waals surface area contributed by atoms with Crippen molar-refractivity contribution in [1.82, 2.24) is 10.2 Å². The van der Waals surface area contributed by atoms with Crippen molar-refractivity contribution in [2.75, 3.05) is 19.6 Å². The van der Waals surface area contributed by atoms with Crippen LogP contribution in [0.1, 0.15) is 60.8 Å². The number of nitrogens with zero attached hydrogens (tertiary/aromatic N) is 1. The van der Waals surface area contributed by atoms with Crippen LogP contribution >= 0.6 is 0 Å². The first-order valence-electron chi connectivity index (χ1n) is 8.03. The number of nitrogens with one attached hydrogen (secondary N) is 1. The fourth-order valence-electron chi connectivity index (χ4n) is 2.51. The summed E-state index contributed by atoms with van der Waals surface area (Å²) in [4.78, 5) is 14.0. The third-order valence-electron chi connectivity index (χ3n) is 4.21. The van der Waals surface area contributed by atoms with Gasteiger partial charge in [0.25, 0.3) is 0 Å². The van der Waals surface area contributed by atoms with Crippen molar-refractivity contribution in [3.8, 4) is 0 Å². The quantitative estimate of drug-likeness (QED) is 0.613. The van der Waals surface area contributed by atoms with Crippen LogP contribution in [0.4, 0.5) is 0 Å². The number of carboxylic acids is 1. The summed E-state index contributed by atoms with van der Waals surface area (Å²) in [7, 11) is 0. The van der Waals surface area contributed by atoms with E-state index < -0.39 is 11.5 Å². The van der Waals surface area contributed by atoms with Crippen molar-refractivity contribution in [3.63, 3.8) is 0 Å². The fourth-order valence-corrected chi connectivity index (χ4v) is 2.51. The summed E-state index contributed by atoms with van der Waals surface area (Å²) < 4.78 is 0. The van der Waals surface area contributed by atoms with E-state index in [4.69, 9.17) is 0 Å². The van der Waals surface area contributed by atoms with E-state index in [1.807, 2.05) is 0 Å². The standard InChI is InChI=1S/C16H34N2O2/c1-7-10-17-16(6,15(19)20)11-14(5)18(9-3)12-13(4)8-2/h13-14,17H,7-12H2,1-6H3,(H,19,20). The highest BCUT2D eigenvalue weighted by molar-refractivity contribution is 5.78. The summed E-state index contributed by atoms with van der Waals surface area (Å²) in [5.41, 5.74) is -0.835. The summed E-state index contributed by atoms with van der Waals surface area (Å²) in [6.07, 6.45) is 2.74. The van der Waals surface area contributed by atoms with E-state index in [-0.39, 0.29) is 6.04 Å². The molecule has 0 aliphatic heterocycles. The van der Waals surface area contributed by atoms with Gasteiger partial charge in [-0.05, 0) is 45.7 Å². The summed E-state index contributed by atoms with van der Waals surface area (Å²) in [6, 6.07) is 0.263. The van der Waals surface area contributed by atoms with E-state index >= 15 is 0 Å². The SMILES string of the molecule is CCCNC(C)(CC(C)N(CC)CC(C)CC)C(=O)O. The molecule has 0 aromatic heterocycles. The zero-order valence-corrected chi connectivity index (χ0v) is 14.2. The van der Waals surface area contributed by atoms with Crippen LogP contribution in [-0.4, -0.2) is 47.2 Å². The normalized spacial score (nSPS) is 17.8. The molecule has 0 bridgehead atoms. The highest BCUT2D eigenvalue weighted by atomic mass is 16.4. The second-order valence-corrected chi connectivity index (χ2v) is 6.22. The second kappa shape index (κ2) is 9.35. The molecule has 3 atom stereocenters. The van der Waals surface area contributed by atoms with Crippen LogP contribution in [0.15, 0.2) is 0 Å². The summed E-state index contributed by atoms with van der Waals surface area (Å²) in [5, 5.41) is 12.7. The molecule has 0 rings (SSSR count). The number of carbonyl (C=O) groups is 1. The lowest BCUT2D eigenvalue weighted by molar-refractivity contribution is -0.145. The van der Waals surface area contributed by atoms with E-state index in [9.17, 15) is 9.90 Å². The molecule has 3 unspecified atom stereocenters. The molecule has 0 spiro atoms. The molecule has 0 aromatic carbocycles. The third-order valence-corrected chi connectivity index (χ3v) is 4.21. The number of aliphatic carboxylic acids is 1. The lowest BCUT2D eigenvalue weighted by atomic mass is 9.92. The van der Waals surface area contributed by atoms with Crippen LogP contribution in [0.5, 0.6) is 0 Å². The maximum Gasteiger partial charge on any atom is 0.323 e. The Kier molecular flexibility index (Phi) is 9.06. The zero-order valence-electron chi connectivity index (χ0n) is 14.2. The van der Waals surface area contributed by atoms with Gasteiger partial charge in [-0.15, -0.1) is 0 Å². The first-order valence-corrected chi connectivity index (χ1v) is 8.03. The van der Waals surface area contributed by atoms with Crippen LogP contribution < -0.4 is 5.32 Å².